The van der Waals surface area contributed by atoms with Crippen molar-refractivity contribution >= 4 is 17.4 Å². The summed E-state index contributed by atoms with van der Waals surface area (Å²) >= 11 is 5.74. The van der Waals surface area contributed by atoms with E-state index in [-0.39, 0.29) is 0 Å². The lowest BCUT2D eigenvalue weighted by atomic mass is 10.2. The average Bonchev–Trinajstić information content (AvgIpc) is 2.71. The van der Waals surface area contributed by atoms with Crippen molar-refractivity contribution in [1.29, 1.82) is 0 Å². The van der Waals surface area contributed by atoms with E-state index in [9.17, 15) is 0 Å². The SMILES string of the molecule is ClCc1ccnc(N[C@H]2CCOC2)c1. The smallest absolute Gasteiger partial charge is 0.126 e. The molecule has 1 aromatic rings. The molecule has 0 saturated carbocycles. The Morgan fingerprint density at radius 2 is 2.57 bits per heavy atom. The zero-order valence-electron chi connectivity index (χ0n) is 7.87. The molecule has 4 heteroatoms. The van der Waals surface area contributed by atoms with Crippen LogP contribution in [0, 0.1) is 0 Å². The third kappa shape index (κ3) is 2.36. The predicted molar refractivity (Wildman–Crippen MR) is 56.6 cm³/mol. The minimum Gasteiger partial charge on any atom is -0.379 e. The molecule has 0 spiro atoms. The number of halogens is 1. The molecule has 1 saturated heterocycles. The fourth-order valence-corrected chi connectivity index (χ4v) is 1.66. The largest absolute Gasteiger partial charge is 0.379 e. The van der Waals surface area contributed by atoms with Gasteiger partial charge in [-0.05, 0) is 24.1 Å². The highest BCUT2D eigenvalue weighted by Crippen LogP contribution is 2.13. The number of nitrogens with one attached hydrogen (secondary N) is 1. The van der Waals surface area contributed by atoms with E-state index in [2.05, 4.69) is 10.3 Å². The van der Waals surface area contributed by atoms with Crippen LogP contribution in [0.5, 0.6) is 0 Å². The van der Waals surface area contributed by atoms with Gasteiger partial charge < -0.3 is 10.1 Å². The fraction of sp³-hybridized carbons (Fsp3) is 0.500. The number of anilines is 1. The van der Waals surface area contributed by atoms with Crippen molar-refractivity contribution in [3.05, 3.63) is 23.9 Å². The molecule has 0 bridgehead atoms. The van der Waals surface area contributed by atoms with Crippen molar-refractivity contribution in [1.82, 2.24) is 4.98 Å². The molecule has 3 nitrogen and oxygen atoms in total. The lowest BCUT2D eigenvalue weighted by Gasteiger charge is -2.11. The van der Waals surface area contributed by atoms with Crippen LogP contribution >= 0.6 is 11.6 Å². The van der Waals surface area contributed by atoms with Gasteiger partial charge in [0.2, 0.25) is 0 Å². The summed E-state index contributed by atoms with van der Waals surface area (Å²) < 4.78 is 5.27. The number of hydrogen-bond acceptors (Lipinski definition) is 3. The van der Waals surface area contributed by atoms with E-state index < -0.39 is 0 Å². The Bertz CT molecular complexity index is 300. The third-order valence-electron chi connectivity index (χ3n) is 2.26. The first-order valence-corrected chi connectivity index (χ1v) is 5.27. The number of aromatic nitrogens is 1. The van der Waals surface area contributed by atoms with Crippen LogP contribution in [-0.2, 0) is 10.6 Å². The third-order valence-corrected chi connectivity index (χ3v) is 2.57. The van der Waals surface area contributed by atoms with Crippen LogP contribution in [0.15, 0.2) is 18.3 Å². The summed E-state index contributed by atoms with van der Waals surface area (Å²) in [5, 5.41) is 3.32. The van der Waals surface area contributed by atoms with Crippen molar-refractivity contribution < 1.29 is 4.74 Å². The van der Waals surface area contributed by atoms with Crippen molar-refractivity contribution in [3.63, 3.8) is 0 Å². The molecule has 0 amide bonds. The lowest BCUT2D eigenvalue weighted by Crippen LogP contribution is -2.19. The minimum atomic E-state index is 0.396. The standard InChI is InChI=1S/C10H13ClN2O/c11-6-8-1-3-12-10(5-8)13-9-2-4-14-7-9/h1,3,5,9H,2,4,6-7H2,(H,12,13)/t9-/m0/s1. The quantitative estimate of drug-likeness (QED) is 0.779. The Morgan fingerprint density at radius 1 is 1.64 bits per heavy atom. The van der Waals surface area contributed by atoms with Gasteiger partial charge in [0, 0.05) is 18.7 Å². The van der Waals surface area contributed by atoms with Gasteiger partial charge in [-0.2, -0.15) is 0 Å². The maximum absolute atomic E-state index is 5.74. The summed E-state index contributed by atoms with van der Waals surface area (Å²) in [5.41, 5.74) is 1.09. The van der Waals surface area contributed by atoms with Crippen LogP contribution in [0.2, 0.25) is 0 Å². The van der Waals surface area contributed by atoms with Gasteiger partial charge in [-0.25, -0.2) is 4.98 Å². The number of rotatable bonds is 3. The molecule has 1 aliphatic rings. The molecular weight excluding hydrogens is 200 g/mol. The first-order valence-electron chi connectivity index (χ1n) is 4.73. The summed E-state index contributed by atoms with van der Waals surface area (Å²) in [6, 6.07) is 4.29. The summed E-state index contributed by atoms with van der Waals surface area (Å²) in [7, 11) is 0. The first kappa shape index (κ1) is 9.74. The molecule has 14 heavy (non-hydrogen) atoms. The van der Waals surface area contributed by atoms with Gasteiger partial charge in [0.05, 0.1) is 12.6 Å². The van der Waals surface area contributed by atoms with Crippen LogP contribution in [0.25, 0.3) is 0 Å². The number of pyridine rings is 1. The van der Waals surface area contributed by atoms with E-state index >= 15 is 0 Å². The van der Waals surface area contributed by atoms with Crippen LogP contribution in [0.1, 0.15) is 12.0 Å². The fourth-order valence-electron chi connectivity index (χ4n) is 1.49. The predicted octanol–water partition coefficient (Wildman–Crippen LogP) is 2.02. The Labute approximate surface area is 88.4 Å². The number of hydrogen-bond donors (Lipinski definition) is 1. The minimum absolute atomic E-state index is 0.396. The molecule has 1 atom stereocenters. The van der Waals surface area contributed by atoms with Gasteiger partial charge in [-0.3, -0.25) is 0 Å². The van der Waals surface area contributed by atoms with Crippen molar-refractivity contribution in [2.24, 2.45) is 0 Å². The number of alkyl halides is 1. The highest BCUT2D eigenvalue weighted by molar-refractivity contribution is 6.17. The van der Waals surface area contributed by atoms with Crippen molar-refractivity contribution in [3.8, 4) is 0 Å². The Kier molecular flexibility index (Phi) is 3.22. The Hall–Kier alpha value is -0.800. The maximum atomic E-state index is 5.74. The molecular formula is C10H13ClN2O. The summed E-state index contributed by atoms with van der Waals surface area (Å²) in [6.07, 6.45) is 2.82. The molecule has 1 aromatic heterocycles. The molecule has 0 aliphatic carbocycles. The monoisotopic (exact) mass is 212 g/mol. The Balaban J connectivity index is 2.00. The van der Waals surface area contributed by atoms with Crippen LogP contribution in [-0.4, -0.2) is 24.2 Å². The zero-order valence-corrected chi connectivity index (χ0v) is 8.63. The lowest BCUT2D eigenvalue weighted by molar-refractivity contribution is 0.195. The maximum Gasteiger partial charge on any atom is 0.126 e. The molecule has 0 unspecified atom stereocenters. The van der Waals surface area contributed by atoms with Gasteiger partial charge in [-0.1, -0.05) is 0 Å². The molecule has 2 heterocycles. The average molecular weight is 213 g/mol. The molecule has 1 fully saturated rings. The van der Waals surface area contributed by atoms with Gasteiger partial charge in [-0.15, -0.1) is 11.6 Å². The summed E-state index contributed by atoms with van der Waals surface area (Å²) in [6.45, 7) is 1.61. The summed E-state index contributed by atoms with van der Waals surface area (Å²) in [4.78, 5) is 4.23. The highest BCUT2D eigenvalue weighted by atomic mass is 35.5. The van der Waals surface area contributed by atoms with Gasteiger partial charge in [0.1, 0.15) is 5.82 Å². The van der Waals surface area contributed by atoms with E-state index in [0.717, 1.165) is 31.0 Å². The highest BCUT2D eigenvalue weighted by Gasteiger charge is 2.15. The van der Waals surface area contributed by atoms with E-state index in [0.29, 0.717) is 11.9 Å². The van der Waals surface area contributed by atoms with Crippen LogP contribution < -0.4 is 5.32 Å². The molecule has 2 rings (SSSR count). The van der Waals surface area contributed by atoms with E-state index in [1.54, 1.807) is 6.20 Å². The van der Waals surface area contributed by atoms with E-state index in [1.807, 2.05) is 12.1 Å². The number of ether oxygens (including phenoxy) is 1. The number of nitrogens with zero attached hydrogens (tertiary/aromatic N) is 1. The van der Waals surface area contributed by atoms with Crippen LogP contribution in [0.3, 0.4) is 0 Å². The first-order chi connectivity index (χ1) is 6.88. The van der Waals surface area contributed by atoms with E-state index in [4.69, 9.17) is 16.3 Å². The topological polar surface area (TPSA) is 34.2 Å². The van der Waals surface area contributed by atoms with Gasteiger partial charge >= 0.3 is 0 Å². The molecule has 0 aromatic carbocycles. The molecule has 76 valence electrons. The van der Waals surface area contributed by atoms with Crippen molar-refractivity contribution in [2.45, 2.75) is 18.3 Å². The second kappa shape index (κ2) is 4.62. The Morgan fingerprint density at radius 3 is 3.29 bits per heavy atom. The van der Waals surface area contributed by atoms with Gasteiger partial charge in [0.25, 0.3) is 0 Å². The summed E-state index contributed by atoms with van der Waals surface area (Å²) in [5.74, 6) is 1.41. The zero-order chi connectivity index (χ0) is 9.80. The normalized spacial score (nSPS) is 21.1. The molecule has 0 radical (unpaired) electrons. The molecule has 1 aliphatic heterocycles. The van der Waals surface area contributed by atoms with Crippen molar-refractivity contribution in [2.75, 3.05) is 18.5 Å². The van der Waals surface area contributed by atoms with Gasteiger partial charge in [0.15, 0.2) is 0 Å². The van der Waals surface area contributed by atoms with E-state index in [1.165, 1.54) is 0 Å². The molecule has 1 N–H and O–H groups in total. The van der Waals surface area contributed by atoms with Crippen LogP contribution in [0.4, 0.5) is 5.82 Å². The second-order valence-electron chi connectivity index (χ2n) is 3.39. The second-order valence-corrected chi connectivity index (χ2v) is 3.66.